The molecule has 0 bridgehead atoms. The lowest BCUT2D eigenvalue weighted by atomic mass is 10.1. The summed E-state index contributed by atoms with van der Waals surface area (Å²) in [5.74, 6) is -1.56. The highest BCUT2D eigenvalue weighted by Gasteiger charge is 2.36. The van der Waals surface area contributed by atoms with Crippen LogP contribution in [0.2, 0.25) is 0 Å². The van der Waals surface area contributed by atoms with Crippen molar-refractivity contribution in [2.24, 2.45) is 0 Å². The lowest BCUT2D eigenvalue weighted by molar-refractivity contribution is -0.141. The number of benzene rings is 1. The molecule has 1 aliphatic rings. The number of rotatable bonds is 4. The molecule has 8 heteroatoms. The molecule has 2 rings (SSSR count). The molecule has 21 heavy (non-hydrogen) atoms. The van der Waals surface area contributed by atoms with E-state index < -0.39 is 22.0 Å². The van der Waals surface area contributed by atoms with Gasteiger partial charge in [0.2, 0.25) is 10.0 Å². The third-order valence-corrected chi connectivity index (χ3v) is 5.14. The molecule has 0 radical (unpaired) electrons. The average molecular weight is 309 g/mol. The minimum absolute atomic E-state index is 0.0778. The van der Waals surface area contributed by atoms with Crippen LogP contribution in [-0.4, -0.2) is 49.5 Å². The molecule has 1 aliphatic heterocycles. The fourth-order valence-corrected chi connectivity index (χ4v) is 4.00. The molecule has 1 atom stereocenters. The Balaban J connectivity index is 2.29. The summed E-state index contributed by atoms with van der Waals surface area (Å²) in [7, 11) is -3.80. The van der Waals surface area contributed by atoms with Gasteiger partial charge in [-0.05, 0) is 11.6 Å². The van der Waals surface area contributed by atoms with E-state index in [1.165, 1.54) is 6.07 Å². The van der Waals surface area contributed by atoms with Gasteiger partial charge in [0.1, 0.15) is 6.04 Å². The normalized spacial score (nSPS) is 19.9. The van der Waals surface area contributed by atoms with E-state index in [4.69, 9.17) is 10.4 Å². The average Bonchev–Trinajstić information content (AvgIpc) is 2.47. The maximum atomic E-state index is 12.5. The van der Waals surface area contributed by atoms with Crippen LogP contribution in [0, 0.1) is 11.3 Å². The first-order valence-corrected chi connectivity index (χ1v) is 7.97. The van der Waals surface area contributed by atoms with E-state index in [1.54, 1.807) is 18.2 Å². The van der Waals surface area contributed by atoms with Gasteiger partial charge in [-0.15, -0.1) is 0 Å². The van der Waals surface area contributed by atoms with Crippen molar-refractivity contribution in [2.75, 3.05) is 19.6 Å². The lowest BCUT2D eigenvalue weighted by Gasteiger charge is -2.32. The Morgan fingerprint density at radius 2 is 2.19 bits per heavy atom. The zero-order chi connectivity index (χ0) is 15.5. The number of hydrogen-bond donors (Lipinski definition) is 2. The molecule has 2 N–H and O–H groups in total. The number of carboxylic acids is 1. The fraction of sp³-hybridized carbons (Fsp3) is 0.385. The number of sulfonamides is 1. The standard InChI is InChI=1S/C13H15N3O4S/c14-7-10-3-1-2-4-11(10)9-21(19,20)16-6-5-15-8-12(16)13(17)18/h1-4,12,15H,5-6,8-9H2,(H,17,18). The summed E-state index contributed by atoms with van der Waals surface area (Å²) in [5, 5.41) is 21.0. The molecule has 0 spiro atoms. The maximum absolute atomic E-state index is 12.5. The van der Waals surface area contributed by atoms with Crippen molar-refractivity contribution < 1.29 is 18.3 Å². The molecule has 1 unspecified atom stereocenters. The number of carboxylic acid groups (broad SMARTS) is 1. The van der Waals surface area contributed by atoms with Crippen LogP contribution in [0.5, 0.6) is 0 Å². The van der Waals surface area contributed by atoms with Crippen molar-refractivity contribution >= 4 is 16.0 Å². The Labute approximate surface area is 122 Å². The van der Waals surface area contributed by atoms with E-state index in [0.29, 0.717) is 12.1 Å². The van der Waals surface area contributed by atoms with Gasteiger partial charge >= 0.3 is 5.97 Å². The second-order valence-electron chi connectivity index (χ2n) is 4.69. The summed E-state index contributed by atoms with van der Waals surface area (Å²) >= 11 is 0. The maximum Gasteiger partial charge on any atom is 0.323 e. The van der Waals surface area contributed by atoms with Crippen LogP contribution in [0.1, 0.15) is 11.1 Å². The third kappa shape index (κ3) is 3.39. The second-order valence-corrected chi connectivity index (χ2v) is 6.62. The SMILES string of the molecule is N#Cc1ccccc1CS(=O)(=O)N1CCNCC1C(=O)O. The second kappa shape index (κ2) is 6.22. The fourth-order valence-electron chi connectivity index (χ4n) is 2.26. The Bertz CT molecular complexity index is 681. The van der Waals surface area contributed by atoms with Crippen LogP contribution in [0.15, 0.2) is 24.3 Å². The molecular weight excluding hydrogens is 294 g/mol. The van der Waals surface area contributed by atoms with Gasteiger partial charge in [-0.2, -0.15) is 9.57 Å². The molecule has 1 heterocycles. The van der Waals surface area contributed by atoms with Crippen LogP contribution in [-0.2, 0) is 20.6 Å². The van der Waals surface area contributed by atoms with Gasteiger partial charge in [0.15, 0.2) is 0 Å². The highest BCUT2D eigenvalue weighted by atomic mass is 32.2. The quantitative estimate of drug-likeness (QED) is 0.793. The van der Waals surface area contributed by atoms with Gasteiger partial charge in [0.25, 0.3) is 0 Å². The van der Waals surface area contributed by atoms with Crippen molar-refractivity contribution in [3.63, 3.8) is 0 Å². The number of aliphatic carboxylic acids is 1. The summed E-state index contributed by atoms with van der Waals surface area (Å²) in [4.78, 5) is 11.2. The van der Waals surface area contributed by atoms with Crippen LogP contribution in [0.4, 0.5) is 0 Å². The predicted molar refractivity (Wildman–Crippen MR) is 74.8 cm³/mol. The van der Waals surface area contributed by atoms with E-state index in [2.05, 4.69) is 5.32 Å². The van der Waals surface area contributed by atoms with Gasteiger partial charge in [-0.3, -0.25) is 4.79 Å². The van der Waals surface area contributed by atoms with Crippen LogP contribution >= 0.6 is 0 Å². The molecule has 1 aromatic carbocycles. The Hall–Kier alpha value is -1.95. The molecular formula is C13H15N3O4S. The zero-order valence-electron chi connectivity index (χ0n) is 11.2. The van der Waals surface area contributed by atoms with Gasteiger partial charge in [0.05, 0.1) is 17.4 Å². The highest BCUT2D eigenvalue weighted by molar-refractivity contribution is 7.88. The molecule has 112 valence electrons. The molecule has 1 fully saturated rings. The summed E-state index contributed by atoms with van der Waals surface area (Å²) in [6, 6.07) is 7.24. The molecule has 1 aromatic rings. The van der Waals surface area contributed by atoms with Crippen LogP contribution < -0.4 is 5.32 Å². The van der Waals surface area contributed by atoms with Crippen molar-refractivity contribution in [1.82, 2.24) is 9.62 Å². The number of carbonyl (C=O) groups is 1. The smallest absolute Gasteiger partial charge is 0.323 e. The van der Waals surface area contributed by atoms with Crippen molar-refractivity contribution in [2.45, 2.75) is 11.8 Å². The first-order valence-electron chi connectivity index (χ1n) is 6.37. The van der Waals surface area contributed by atoms with E-state index in [0.717, 1.165) is 4.31 Å². The van der Waals surface area contributed by atoms with Gasteiger partial charge in [0, 0.05) is 19.6 Å². The largest absolute Gasteiger partial charge is 0.480 e. The number of hydrogen-bond acceptors (Lipinski definition) is 5. The van der Waals surface area contributed by atoms with Gasteiger partial charge in [-0.25, -0.2) is 8.42 Å². The number of nitrogens with one attached hydrogen (secondary N) is 1. The van der Waals surface area contributed by atoms with E-state index in [9.17, 15) is 13.2 Å². The predicted octanol–water partition coefficient (Wildman–Crippen LogP) is -0.254. The first-order chi connectivity index (χ1) is 9.95. The highest BCUT2D eigenvalue weighted by Crippen LogP contribution is 2.18. The summed E-state index contributed by atoms with van der Waals surface area (Å²) in [6.07, 6.45) is 0. The van der Waals surface area contributed by atoms with Gasteiger partial charge in [-0.1, -0.05) is 18.2 Å². The summed E-state index contributed by atoms with van der Waals surface area (Å²) in [6.45, 7) is 0.589. The van der Waals surface area contributed by atoms with Crippen molar-refractivity contribution in [1.29, 1.82) is 5.26 Å². The van der Waals surface area contributed by atoms with E-state index in [-0.39, 0.29) is 24.4 Å². The molecule has 0 aliphatic carbocycles. The van der Waals surface area contributed by atoms with E-state index >= 15 is 0 Å². The summed E-state index contributed by atoms with van der Waals surface area (Å²) in [5.41, 5.74) is 0.658. The Morgan fingerprint density at radius 1 is 1.48 bits per heavy atom. The van der Waals surface area contributed by atoms with Crippen molar-refractivity contribution in [3.05, 3.63) is 35.4 Å². The molecule has 1 saturated heterocycles. The zero-order valence-corrected chi connectivity index (χ0v) is 12.0. The number of nitriles is 1. The number of piperazine rings is 1. The van der Waals surface area contributed by atoms with Crippen LogP contribution in [0.25, 0.3) is 0 Å². The Kier molecular flexibility index (Phi) is 4.57. The molecule has 0 saturated carbocycles. The van der Waals surface area contributed by atoms with Gasteiger partial charge < -0.3 is 10.4 Å². The molecule has 0 amide bonds. The van der Waals surface area contributed by atoms with E-state index in [1.807, 2.05) is 6.07 Å². The van der Waals surface area contributed by atoms with Crippen molar-refractivity contribution in [3.8, 4) is 6.07 Å². The minimum Gasteiger partial charge on any atom is -0.480 e. The lowest BCUT2D eigenvalue weighted by Crippen LogP contribution is -2.57. The monoisotopic (exact) mass is 309 g/mol. The van der Waals surface area contributed by atoms with Crippen LogP contribution in [0.3, 0.4) is 0 Å². The number of nitrogens with zero attached hydrogens (tertiary/aromatic N) is 2. The molecule has 7 nitrogen and oxygen atoms in total. The third-order valence-electron chi connectivity index (χ3n) is 3.31. The first kappa shape index (κ1) is 15.4. The topological polar surface area (TPSA) is 111 Å². The molecule has 0 aromatic heterocycles. The minimum atomic E-state index is -3.80. The summed E-state index contributed by atoms with van der Waals surface area (Å²) < 4.78 is 25.9. The Morgan fingerprint density at radius 3 is 2.86 bits per heavy atom.